The zero-order valence-corrected chi connectivity index (χ0v) is 12.1. The molecule has 23 heavy (non-hydrogen) atoms. The third-order valence-corrected chi connectivity index (χ3v) is 2.94. The third kappa shape index (κ3) is 4.94. The van der Waals surface area contributed by atoms with E-state index in [9.17, 15) is 14.4 Å². The molecule has 0 saturated heterocycles. The monoisotopic (exact) mass is 313 g/mol. The van der Waals surface area contributed by atoms with Crippen molar-refractivity contribution in [1.29, 1.82) is 0 Å². The van der Waals surface area contributed by atoms with Gasteiger partial charge in [0.25, 0.3) is 5.91 Å². The van der Waals surface area contributed by atoms with Crippen LogP contribution in [0, 0.1) is 0 Å². The molecule has 4 N–H and O–H groups in total. The van der Waals surface area contributed by atoms with Gasteiger partial charge in [0, 0.05) is 11.3 Å². The maximum Gasteiger partial charge on any atom is 0.326 e. The zero-order valence-electron chi connectivity index (χ0n) is 12.1. The molecule has 0 aliphatic heterocycles. The first kappa shape index (κ1) is 16.2. The van der Waals surface area contributed by atoms with Crippen LogP contribution in [0.15, 0.2) is 54.6 Å². The molecule has 2 rings (SSSR count). The highest BCUT2D eigenvalue weighted by Crippen LogP contribution is 2.11. The van der Waals surface area contributed by atoms with Crippen LogP contribution in [-0.2, 0) is 11.2 Å². The van der Waals surface area contributed by atoms with Crippen LogP contribution in [0.3, 0.4) is 0 Å². The Balaban J connectivity index is 1.96. The van der Waals surface area contributed by atoms with Gasteiger partial charge in [-0.25, -0.2) is 10.3 Å². The Kier molecular flexibility index (Phi) is 5.43. The van der Waals surface area contributed by atoms with Crippen molar-refractivity contribution in [2.45, 2.75) is 6.42 Å². The van der Waals surface area contributed by atoms with E-state index < -0.39 is 17.8 Å². The van der Waals surface area contributed by atoms with E-state index in [1.807, 2.05) is 0 Å². The van der Waals surface area contributed by atoms with Gasteiger partial charge in [-0.15, -0.1) is 0 Å². The number of benzene rings is 2. The van der Waals surface area contributed by atoms with Gasteiger partial charge in [-0.1, -0.05) is 30.3 Å². The number of rotatable bonds is 4. The van der Waals surface area contributed by atoms with Crippen molar-refractivity contribution in [2.24, 2.45) is 0 Å². The summed E-state index contributed by atoms with van der Waals surface area (Å²) in [7, 11) is 0. The molecule has 7 heteroatoms. The fourth-order valence-corrected chi connectivity index (χ4v) is 1.91. The molecule has 0 saturated carbocycles. The van der Waals surface area contributed by atoms with Crippen molar-refractivity contribution in [3.63, 3.8) is 0 Å². The lowest BCUT2D eigenvalue weighted by atomic mass is 10.1. The molecule has 7 nitrogen and oxygen atoms in total. The summed E-state index contributed by atoms with van der Waals surface area (Å²) in [5.41, 5.74) is 2.93. The Bertz CT molecular complexity index is 716. The molecule has 0 unspecified atom stereocenters. The normalized spacial score (nSPS) is 9.78. The Morgan fingerprint density at radius 2 is 1.70 bits per heavy atom. The lowest BCUT2D eigenvalue weighted by Gasteiger charge is -2.08. The fraction of sp³-hybridized carbons (Fsp3) is 0.0625. The van der Waals surface area contributed by atoms with Gasteiger partial charge in [0.1, 0.15) is 0 Å². The Hall–Kier alpha value is -3.19. The minimum absolute atomic E-state index is 0.0312. The van der Waals surface area contributed by atoms with Crippen LogP contribution in [-0.4, -0.2) is 23.1 Å². The highest BCUT2D eigenvalue weighted by Gasteiger charge is 2.10. The molecule has 0 bridgehead atoms. The van der Waals surface area contributed by atoms with Crippen LogP contribution in [0.25, 0.3) is 0 Å². The van der Waals surface area contributed by atoms with Crippen molar-refractivity contribution in [2.75, 3.05) is 5.32 Å². The van der Waals surface area contributed by atoms with Gasteiger partial charge >= 0.3 is 6.03 Å². The molecule has 4 amide bonds. The topological polar surface area (TPSA) is 108 Å². The maximum atomic E-state index is 11.8. The molecule has 2 aromatic carbocycles. The number of amides is 4. The number of imide groups is 1. The van der Waals surface area contributed by atoms with Gasteiger partial charge in [0.05, 0.1) is 6.42 Å². The summed E-state index contributed by atoms with van der Waals surface area (Å²) in [4.78, 5) is 34.8. The second-order valence-electron chi connectivity index (χ2n) is 4.69. The molecule has 0 aliphatic carbocycles. The van der Waals surface area contributed by atoms with Gasteiger partial charge in [0.15, 0.2) is 0 Å². The second kappa shape index (κ2) is 7.71. The summed E-state index contributed by atoms with van der Waals surface area (Å²) < 4.78 is 0. The van der Waals surface area contributed by atoms with Gasteiger partial charge < -0.3 is 5.32 Å². The lowest BCUT2D eigenvalue weighted by molar-refractivity contribution is -0.128. The molecular formula is C16H15N3O4. The standard InChI is InChI=1S/C16H15N3O4/c20-14(19-23)10-11-5-4-8-13(9-11)17-16(22)18-15(21)12-6-2-1-3-7-12/h1-9,23H,10H2,(H,19,20)(H2,17,18,21,22). The van der Waals surface area contributed by atoms with E-state index >= 15 is 0 Å². The average molecular weight is 313 g/mol. The van der Waals surface area contributed by atoms with Crippen molar-refractivity contribution < 1.29 is 19.6 Å². The third-order valence-electron chi connectivity index (χ3n) is 2.94. The van der Waals surface area contributed by atoms with E-state index in [2.05, 4.69) is 10.6 Å². The molecular weight excluding hydrogens is 298 g/mol. The van der Waals surface area contributed by atoms with E-state index in [4.69, 9.17) is 5.21 Å². The highest BCUT2D eigenvalue weighted by atomic mass is 16.5. The molecule has 0 atom stereocenters. The van der Waals surface area contributed by atoms with E-state index in [-0.39, 0.29) is 6.42 Å². The van der Waals surface area contributed by atoms with E-state index in [1.54, 1.807) is 54.6 Å². The number of carbonyl (C=O) groups excluding carboxylic acids is 3. The summed E-state index contributed by atoms with van der Waals surface area (Å²) in [6.07, 6.45) is -0.0312. The highest BCUT2D eigenvalue weighted by molar-refractivity contribution is 6.07. The Labute approximate surface area is 132 Å². The SMILES string of the molecule is O=C(Cc1cccc(NC(=O)NC(=O)c2ccccc2)c1)NO. The summed E-state index contributed by atoms with van der Waals surface area (Å²) in [5.74, 6) is -1.08. The van der Waals surface area contributed by atoms with Crippen LogP contribution >= 0.6 is 0 Å². The van der Waals surface area contributed by atoms with Crippen LogP contribution in [0.1, 0.15) is 15.9 Å². The molecule has 0 aromatic heterocycles. The smallest absolute Gasteiger partial charge is 0.308 e. The van der Waals surface area contributed by atoms with Crippen LogP contribution in [0.2, 0.25) is 0 Å². The zero-order chi connectivity index (χ0) is 16.7. The van der Waals surface area contributed by atoms with Gasteiger partial charge in [-0.05, 0) is 29.8 Å². The first-order valence-electron chi connectivity index (χ1n) is 6.78. The molecule has 0 radical (unpaired) electrons. The summed E-state index contributed by atoms with van der Waals surface area (Å²) in [5, 5.41) is 13.2. The minimum Gasteiger partial charge on any atom is -0.308 e. The molecule has 2 aromatic rings. The molecule has 0 fully saturated rings. The summed E-state index contributed by atoms with van der Waals surface area (Å²) in [6.45, 7) is 0. The Morgan fingerprint density at radius 1 is 0.957 bits per heavy atom. The number of urea groups is 1. The van der Waals surface area contributed by atoms with Gasteiger partial charge in [0.2, 0.25) is 5.91 Å². The van der Waals surface area contributed by atoms with Crippen molar-refractivity contribution >= 4 is 23.5 Å². The van der Waals surface area contributed by atoms with Crippen LogP contribution in [0.5, 0.6) is 0 Å². The van der Waals surface area contributed by atoms with Gasteiger partial charge in [-0.2, -0.15) is 0 Å². The first-order valence-corrected chi connectivity index (χ1v) is 6.78. The van der Waals surface area contributed by atoms with Crippen LogP contribution in [0.4, 0.5) is 10.5 Å². The fourth-order valence-electron chi connectivity index (χ4n) is 1.91. The predicted molar refractivity (Wildman–Crippen MR) is 83.0 cm³/mol. The minimum atomic E-state index is -0.678. The number of hydrogen-bond donors (Lipinski definition) is 4. The van der Waals surface area contributed by atoms with E-state index in [0.29, 0.717) is 16.8 Å². The second-order valence-corrected chi connectivity index (χ2v) is 4.69. The summed E-state index contributed by atoms with van der Waals surface area (Å²) >= 11 is 0. The number of hydroxylamine groups is 1. The number of nitrogens with one attached hydrogen (secondary N) is 3. The van der Waals surface area contributed by atoms with Crippen LogP contribution < -0.4 is 16.1 Å². The maximum absolute atomic E-state index is 11.8. The number of anilines is 1. The molecule has 0 aliphatic rings. The lowest BCUT2D eigenvalue weighted by Crippen LogP contribution is -2.34. The van der Waals surface area contributed by atoms with Crippen molar-refractivity contribution in [3.05, 3.63) is 65.7 Å². The number of hydrogen-bond acceptors (Lipinski definition) is 4. The summed E-state index contributed by atoms with van der Waals surface area (Å²) in [6, 6.07) is 14.2. The largest absolute Gasteiger partial charge is 0.326 e. The molecule has 0 spiro atoms. The van der Waals surface area contributed by atoms with E-state index in [0.717, 1.165) is 0 Å². The van der Waals surface area contributed by atoms with E-state index in [1.165, 1.54) is 5.48 Å². The Morgan fingerprint density at radius 3 is 2.39 bits per heavy atom. The van der Waals surface area contributed by atoms with Gasteiger partial charge in [-0.3, -0.25) is 20.1 Å². The van der Waals surface area contributed by atoms with Crippen molar-refractivity contribution in [1.82, 2.24) is 10.8 Å². The molecule has 118 valence electrons. The predicted octanol–water partition coefficient (Wildman–Crippen LogP) is 1.70. The average Bonchev–Trinajstić information content (AvgIpc) is 2.55. The quantitative estimate of drug-likeness (QED) is 0.509. The number of carbonyl (C=O) groups is 3. The first-order chi connectivity index (χ1) is 11.1. The molecule has 0 heterocycles. The van der Waals surface area contributed by atoms with Crippen molar-refractivity contribution in [3.8, 4) is 0 Å².